The van der Waals surface area contributed by atoms with Crippen LogP contribution >= 0.6 is 11.3 Å². The van der Waals surface area contributed by atoms with Gasteiger partial charge in [0.25, 0.3) is 0 Å². The van der Waals surface area contributed by atoms with Gasteiger partial charge in [0.05, 0.1) is 26.9 Å². The zero-order valence-electron chi connectivity index (χ0n) is 16.8. The third kappa shape index (κ3) is 5.23. The fourth-order valence-corrected chi connectivity index (χ4v) is 4.26. The SMILES string of the molecule is COc1cccc(CCC(=O)N(Cc2nc(C)cs2)C[C@H]2CCCO2)c1OC. The molecule has 0 N–H and O–H groups in total. The summed E-state index contributed by atoms with van der Waals surface area (Å²) < 4.78 is 16.6. The van der Waals surface area contributed by atoms with E-state index in [2.05, 4.69) is 4.98 Å². The Labute approximate surface area is 170 Å². The lowest BCUT2D eigenvalue weighted by Crippen LogP contribution is -2.37. The zero-order chi connectivity index (χ0) is 19.9. The zero-order valence-corrected chi connectivity index (χ0v) is 17.6. The number of hydrogen-bond acceptors (Lipinski definition) is 6. The molecule has 1 aromatic carbocycles. The number of carbonyl (C=O) groups excluding carboxylic acids is 1. The minimum atomic E-state index is 0.105. The van der Waals surface area contributed by atoms with Crippen molar-refractivity contribution in [3.05, 3.63) is 39.8 Å². The number of nitrogens with zero attached hydrogens (tertiary/aromatic N) is 2. The van der Waals surface area contributed by atoms with Gasteiger partial charge in [-0.2, -0.15) is 0 Å². The first kappa shape index (κ1) is 20.6. The van der Waals surface area contributed by atoms with Crippen LogP contribution in [0.25, 0.3) is 0 Å². The molecule has 1 saturated heterocycles. The lowest BCUT2D eigenvalue weighted by atomic mass is 10.1. The third-order valence-corrected chi connectivity index (χ3v) is 5.84. The quantitative estimate of drug-likeness (QED) is 0.639. The van der Waals surface area contributed by atoms with Crippen molar-refractivity contribution in [1.82, 2.24) is 9.88 Å². The van der Waals surface area contributed by atoms with Gasteiger partial charge in [-0.1, -0.05) is 12.1 Å². The lowest BCUT2D eigenvalue weighted by molar-refractivity contribution is -0.133. The van der Waals surface area contributed by atoms with Crippen LogP contribution in [0.4, 0.5) is 0 Å². The highest BCUT2D eigenvalue weighted by Gasteiger charge is 2.24. The van der Waals surface area contributed by atoms with Gasteiger partial charge in [0.15, 0.2) is 11.5 Å². The van der Waals surface area contributed by atoms with Crippen LogP contribution in [-0.2, 0) is 22.5 Å². The second-order valence-corrected chi connectivity index (χ2v) is 7.89. The van der Waals surface area contributed by atoms with Crippen molar-refractivity contribution in [2.45, 2.75) is 45.3 Å². The van der Waals surface area contributed by atoms with Crippen LogP contribution in [0, 0.1) is 6.92 Å². The van der Waals surface area contributed by atoms with Gasteiger partial charge in [0.1, 0.15) is 5.01 Å². The summed E-state index contributed by atoms with van der Waals surface area (Å²) in [6.45, 7) is 3.91. The number of aromatic nitrogens is 1. The highest BCUT2D eigenvalue weighted by Crippen LogP contribution is 2.31. The Balaban J connectivity index is 1.68. The minimum Gasteiger partial charge on any atom is -0.493 e. The largest absolute Gasteiger partial charge is 0.493 e. The van der Waals surface area contributed by atoms with Crippen molar-refractivity contribution in [3.8, 4) is 11.5 Å². The van der Waals surface area contributed by atoms with Gasteiger partial charge in [0.2, 0.25) is 5.91 Å². The molecule has 0 bridgehead atoms. The van der Waals surface area contributed by atoms with E-state index in [1.54, 1.807) is 25.6 Å². The Bertz CT molecular complexity index is 786. The van der Waals surface area contributed by atoms with E-state index in [0.29, 0.717) is 37.4 Å². The summed E-state index contributed by atoms with van der Waals surface area (Å²) in [5, 5.41) is 2.98. The van der Waals surface area contributed by atoms with Gasteiger partial charge in [-0.05, 0) is 37.8 Å². The van der Waals surface area contributed by atoms with Gasteiger partial charge >= 0.3 is 0 Å². The van der Waals surface area contributed by atoms with Crippen molar-refractivity contribution >= 4 is 17.2 Å². The van der Waals surface area contributed by atoms with E-state index in [1.807, 2.05) is 35.4 Å². The van der Waals surface area contributed by atoms with E-state index < -0.39 is 0 Å². The summed E-state index contributed by atoms with van der Waals surface area (Å²) in [6.07, 6.45) is 3.18. The molecule has 0 aliphatic carbocycles. The van der Waals surface area contributed by atoms with Gasteiger partial charge < -0.3 is 19.1 Å². The van der Waals surface area contributed by atoms with E-state index >= 15 is 0 Å². The van der Waals surface area contributed by atoms with Crippen molar-refractivity contribution in [2.75, 3.05) is 27.4 Å². The molecular weight excluding hydrogens is 376 g/mol. The summed E-state index contributed by atoms with van der Waals surface area (Å²) in [7, 11) is 3.24. The van der Waals surface area contributed by atoms with E-state index in [4.69, 9.17) is 14.2 Å². The third-order valence-electron chi connectivity index (χ3n) is 4.89. The van der Waals surface area contributed by atoms with Crippen LogP contribution in [0.5, 0.6) is 11.5 Å². The average molecular weight is 405 g/mol. The molecule has 1 atom stereocenters. The molecule has 0 saturated carbocycles. The van der Waals surface area contributed by atoms with E-state index in [1.165, 1.54) is 0 Å². The molecule has 2 aromatic rings. The molecule has 7 heteroatoms. The molecule has 6 nitrogen and oxygen atoms in total. The Morgan fingerprint density at radius 3 is 2.86 bits per heavy atom. The smallest absolute Gasteiger partial charge is 0.223 e. The highest BCUT2D eigenvalue weighted by atomic mass is 32.1. The molecule has 1 aliphatic rings. The van der Waals surface area contributed by atoms with Crippen LogP contribution in [-0.4, -0.2) is 49.3 Å². The van der Waals surface area contributed by atoms with E-state index in [-0.39, 0.29) is 12.0 Å². The first-order valence-electron chi connectivity index (χ1n) is 9.61. The molecule has 1 aromatic heterocycles. The number of ether oxygens (including phenoxy) is 3. The van der Waals surface area contributed by atoms with Crippen LogP contribution in [0.3, 0.4) is 0 Å². The summed E-state index contributed by atoms with van der Waals surface area (Å²) in [5.41, 5.74) is 1.96. The summed E-state index contributed by atoms with van der Waals surface area (Å²) in [6, 6.07) is 5.76. The summed E-state index contributed by atoms with van der Waals surface area (Å²) >= 11 is 1.60. The summed E-state index contributed by atoms with van der Waals surface area (Å²) in [5.74, 6) is 1.48. The Morgan fingerprint density at radius 1 is 1.36 bits per heavy atom. The highest BCUT2D eigenvalue weighted by molar-refractivity contribution is 7.09. The van der Waals surface area contributed by atoms with Crippen molar-refractivity contribution in [1.29, 1.82) is 0 Å². The van der Waals surface area contributed by atoms with Crippen molar-refractivity contribution < 1.29 is 19.0 Å². The van der Waals surface area contributed by atoms with Crippen molar-refractivity contribution in [3.63, 3.8) is 0 Å². The molecule has 1 fully saturated rings. The summed E-state index contributed by atoms with van der Waals surface area (Å²) in [4.78, 5) is 19.5. The fourth-order valence-electron chi connectivity index (χ4n) is 3.48. The number of aryl methyl sites for hydroxylation is 2. The van der Waals surface area contributed by atoms with E-state index in [9.17, 15) is 4.79 Å². The molecule has 28 heavy (non-hydrogen) atoms. The molecule has 0 spiro atoms. The first-order valence-corrected chi connectivity index (χ1v) is 10.5. The number of amides is 1. The number of methoxy groups -OCH3 is 2. The number of rotatable bonds is 9. The molecule has 1 aliphatic heterocycles. The molecule has 152 valence electrons. The predicted octanol–water partition coefficient (Wildman–Crippen LogP) is 3.61. The molecule has 0 radical (unpaired) electrons. The van der Waals surface area contributed by atoms with E-state index in [0.717, 1.165) is 35.7 Å². The van der Waals surface area contributed by atoms with Crippen LogP contribution in [0.2, 0.25) is 0 Å². The number of benzene rings is 1. The number of carbonyl (C=O) groups is 1. The molecule has 1 amide bonds. The number of thiazole rings is 1. The Morgan fingerprint density at radius 2 is 2.21 bits per heavy atom. The van der Waals surface area contributed by atoms with Gasteiger partial charge in [0, 0.05) is 30.6 Å². The molecule has 0 unspecified atom stereocenters. The predicted molar refractivity (Wildman–Crippen MR) is 109 cm³/mol. The van der Waals surface area contributed by atoms with Crippen LogP contribution in [0.1, 0.15) is 35.5 Å². The maximum absolute atomic E-state index is 13.0. The maximum atomic E-state index is 13.0. The number of hydrogen-bond donors (Lipinski definition) is 0. The maximum Gasteiger partial charge on any atom is 0.223 e. The van der Waals surface area contributed by atoms with Gasteiger partial charge in [-0.25, -0.2) is 4.98 Å². The Kier molecular flexibility index (Phi) is 7.28. The van der Waals surface area contributed by atoms with Crippen LogP contribution < -0.4 is 9.47 Å². The molecule has 2 heterocycles. The lowest BCUT2D eigenvalue weighted by Gasteiger charge is -2.25. The number of para-hydroxylation sites is 1. The monoisotopic (exact) mass is 404 g/mol. The minimum absolute atomic E-state index is 0.105. The van der Waals surface area contributed by atoms with Gasteiger partial charge in [-0.3, -0.25) is 4.79 Å². The fraction of sp³-hybridized carbons (Fsp3) is 0.524. The van der Waals surface area contributed by atoms with Crippen molar-refractivity contribution in [2.24, 2.45) is 0 Å². The average Bonchev–Trinajstić information content (AvgIpc) is 3.36. The topological polar surface area (TPSA) is 60.9 Å². The van der Waals surface area contributed by atoms with Gasteiger partial charge in [-0.15, -0.1) is 11.3 Å². The normalized spacial score (nSPS) is 16.2. The standard InChI is InChI=1S/C21H28N2O4S/c1-15-14-28-19(22-15)13-23(12-17-7-5-11-27-17)20(24)10-9-16-6-4-8-18(25-2)21(16)26-3/h4,6,8,14,17H,5,7,9-13H2,1-3H3/t17-/m1/s1. The van der Waals surface area contributed by atoms with Crippen LogP contribution in [0.15, 0.2) is 23.6 Å². The molecular formula is C21H28N2O4S. The Hall–Kier alpha value is -2.12. The molecule has 3 rings (SSSR count). The first-order chi connectivity index (χ1) is 13.6. The second kappa shape index (κ2) is 9.89. The second-order valence-electron chi connectivity index (χ2n) is 6.94.